The number of aromatic nitrogens is 2. The van der Waals surface area contributed by atoms with E-state index in [0.29, 0.717) is 17.3 Å². The highest BCUT2D eigenvalue weighted by Gasteiger charge is 2.21. The van der Waals surface area contributed by atoms with Gasteiger partial charge >= 0.3 is 0 Å². The first-order chi connectivity index (χ1) is 11.6. The second kappa shape index (κ2) is 7.32. The van der Waals surface area contributed by atoms with E-state index in [2.05, 4.69) is 15.5 Å². The first-order valence-electron chi connectivity index (χ1n) is 7.76. The van der Waals surface area contributed by atoms with Crippen LogP contribution in [0.5, 0.6) is 0 Å². The second-order valence-electron chi connectivity index (χ2n) is 6.14. The number of rotatable bonds is 6. The van der Waals surface area contributed by atoms with Crippen LogP contribution in [0, 0.1) is 6.92 Å². The van der Waals surface area contributed by atoms with Crippen LogP contribution >= 0.6 is 0 Å². The van der Waals surface area contributed by atoms with Crippen LogP contribution in [0.25, 0.3) is 0 Å². The Labute approximate surface area is 147 Å². The minimum Gasteiger partial charge on any atom is -0.423 e. The van der Waals surface area contributed by atoms with Gasteiger partial charge in [-0.25, -0.2) is 12.7 Å². The van der Waals surface area contributed by atoms with Crippen LogP contribution in [0.15, 0.2) is 27.5 Å². The molecule has 0 aliphatic heterocycles. The van der Waals surface area contributed by atoms with Crippen LogP contribution in [0.2, 0.25) is 0 Å². The molecule has 2 aromatic rings. The summed E-state index contributed by atoms with van der Waals surface area (Å²) in [7, 11) is -0.729. The molecule has 0 bridgehead atoms. The third-order valence-electron chi connectivity index (χ3n) is 3.59. The lowest BCUT2D eigenvalue weighted by atomic mass is 10.1. The Morgan fingerprint density at radius 1 is 1.28 bits per heavy atom. The van der Waals surface area contributed by atoms with E-state index in [-0.39, 0.29) is 22.9 Å². The van der Waals surface area contributed by atoms with Gasteiger partial charge in [0, 0.05) is 25.6 Å². The van der Waals surface area contributed by atoms with Crippen molar-refractivity contribution in [1.82, 2.24) is 19.8 Å². The summed E-state index contributed by atoms with van der Waals surface area (Å²) >= 11 is 0. The van der Waals surface area contributed by atoms with Crippen molar-refractivity contribution >= 4 is 15.9 Å². The molecule has 2 rings (SSSR count). The standard InChI is InChI=1S/C16H22N4O4S/c1-10(2)16-19-18-14(24-16)9-17-15(21)12-7-6-11(3)13(8-12)25(22,23)20(4)5/h6-8,10H,9H2,1-5H3,(H,17,21). The van der Waals surface area contributed by atoms with Crippen molar-refractivity contribution in [2.45, 2.75) is 38.1 Å². The lowest BCUT2D eigenvalue weighted by molar-refractivity contribution is 0.0947. The van der Waals surface area contributed by atoms with Gasteiger partial charge in [-0.05, 0) is 24.6 Å². The minimum atomic E-state index is -3.62. The van der Waals surface area contributed by atoms with Crippen LogP contribution in [-0.4, -0.2) is 42.9 Å². The van der Waals surface area contributed by atoms with Gasteiger partial charge in [0.05, 0.1) is 11.4 Å². The van der Waals surface area contributed by atoms with Crippen molar-refractivity contribution in [3.8, 4) is 0 Å². The summed E-state index contributed by atoms with van der Waals surface area (Å²) in [4.78, 5) is 12.4. The molecule has 0 aliphatic carbocycles. The number of hydrogen-bond donors (Lipinski definition) is 1. The Balaban J connectivity index is 2.17. The average Bonchev–Trinajstić information content (AvgIpc) is 3.02. The number of hydrogen-bond acceptors (Lipinski definition) is 6. The lowest BCUT2D eigenvalue weighted by Crippen LogP contribution is -2.25. The number of carbonyl (C=O) groups excluding carboxylic acids is 1. The van der Waals surface area contributed by atoms with Gasteiger partial charge in [0.2, 0.25) is 21.8 Å². The molecule has 0 radical (unpaired) electrons. The van der Waals surface area contributed by atoms with E-state index in [9.17, 15) is 13.2 Å². The summed E-state index contributed by atoms with van der Waals surface area (Å²) in [6, 6.07) is 4.55. The number of nitrogens with zero attached hydrogens (tertiary/aromatic N) is 3. The zero-order chi connectivity index (χ0) is 18.8. The molecular formula is C16H22N4O4S. The summed E-state index contributed by atoms with van der Waals surface area (Å²) in [6.07, 6.45) is 0. The number of amides is 1. The number of nitrogens with one attached hydrogen (secondary N) is 1. The van der Waals surface area contributed by atoms with E-state index in [1.54, 1.807) is 19.1 Å². The van der Waals surface area contributed by atoms with Crippen LogP contribution < -0.4 is 5.32 Å². The zero-order valence-corrected chi connectivity index (χ0v) is 15.7. The summed E-state index contributed by atoms with van der Waals surface area (Å²) < 4.78 is 31.2. The molecule has 0 fully saturated rings. The van der Waals surface area contributed by atoms with Gasteiger partial charge in [-0.2, -0.15) is 0 Å². The molecule has 1 N–H and O–H groups in total. The maximum Gasteiger partial charge on any atom is 0.251 e. The van der Waals surface area contributed by atoms with E-state index in [1.807, 2.05) is 13.8 Å². The van der Waals surface area contributed by atoms with Gasteiger partial charge < -0.3 is 9.73 Å². The molecule has 0 unspecified atom stereocenters. The highest BCUT2D eigenvalue weighted by molar-refractivity contribution is 7.89. The Morgan fingerprint density at radius 2 is 1.96 bits per heavy atom. The van der Waals surface area contributed by atoms with Crippen molar-refractivity contribution in [1.29, 1.82) is 0 Å². The quantitative estimate of drug-likeness (QED) is 0.834. The van der Waals surface area contributed by atoms with Crippen molar-refractivity contribution in [2.75, 3.05) is 14.1 Å². The van der Waals surface area contributed by atoms with Crippen LogP contribution in [0.3, 0.4) is 0 Å². The summed E-state index contributed by atoms with van der Waals surface area (Å²) in [5.41, 5.74) is 0.818. The van der Waals surface area contributed by atoms with E-state index >= 15 is 0 Å². The Hall–Kier alpha value is -2.26. The molecule has 1 amide bonds. The number of carbonyl (C=O) groups is 1. The molecule has 0 saturated heterocycles. The fourth-order valence-corrected chi connectivity index (χ4v) is 3.19. The van der Waals surface area contributed by atoms with E-state index in [4.69, 9.17) is 4.42 Å². The molecule has 136 valence electrons. The van der Waals surface area contributed by atoms with Gasteiger partial charge in [0.15, 0.2) is 0 Å². The third-order valence-corrected chi connectivity index (χ3v) is 5.54. The highest BCUT2D eigenvalue weighted by Crippen LogP contribution is 2.20. The lowest BCUT2D eigenvalue weighted by Gasteiger charge is -2.14. The third kappa shape index (κ3) is 4.23. The first kappa shape index (κ1) is 19.1. The second-order valence-corrected chi connectivity index (χ2v) is 8.26. The summed E-state index contributed by atoms with van der Waals surface area (Å²) in [5, 5.41) is 10.4. The molecule has 8 nitrogen and oxygen atoms in total. The van der Waals surface area contributed by atoms with E-state index in [1.165, 1.54) is 20.2 Å². The van der Waals surface area contributed by atoms with Crippen molar-refractivity contribution in [3.05, 3.63) is 41.1 Å². The summed E-state index contributed by atoms with van der Waals surface area (Å²) in [5.74, 6) is 0.483. The molecule has 0 spiro atoms. The van der Waals surface area contributed by atoms with E-state index < -0.39 is 15.9 Å². The monoisotopic (exact) mass is 366 g/mol. The van der Waals surface area contributed by atoms with E-state index in [0.717, 1.165) is 4.31 Å². The smallest absolute Gasteiger partial charge is 0.251 e. The zero-order valence-electron chi connectivity index (χ0n) is 14.9. The highest BCUT2D eigenvalue weighted by atomic mass is 32.2. The number of aryl methyl sites for hydroxylation is 1. The SMILES string of the molecule is Cc1ccc(C(=O)NCc2nnc(C(C)C)o2)cc1S(=O)(=O)N(C)C. The minimum absolute atomic E-state index is 0.0716. The molecule has 1 aromatic heterocycles. The number of sulfonamides is 1. The predicted molar refractivity (Wildman–Crippen MR) is 91.6 cm³/mol. The summed E-state index contributed by atoms with van der Waals surface area (Å²) in [6.45, 7) is 5.61. The fraction of sp³-hybridized carbons (Fsp3) is 0.438. The van der Waals surface area contributed by atoms with Crippen molar-refractivity contribution in [2.24, 2.45) is 0 Å². The van der Waals surface area contributed by atoms with Crippen molar-refractivity contribution < 1.29 is 17.6 Å². The molecule has 9 heteroatoms. The Bertz CT molecular complexity index is 872. The molecule has 1 heterocycles. The maximum absolute atomic E-state index is 12.3. The Kier molecular flexibility index (Phi) is 5.58. The Morgan fingerprint density at radius 3 is 2.52 bits per heavy atom. The van der Waals surface area contributed by atoms with Crippen LogP contribution in [0.1, 0.15) is 47.5 Å². The normalized spacial score (nSPS) is 12.0. The number of benzene rings is 1. The molecule has 25 heavy (non-hydrogen) atoms. The molecule has 0 saturated carbocycles. The van der Waals surface area contributed by atoms with Gasteiger partial charge in [0.1, 0.15) is 0 Å². The maximum atomic E-state index is 12.3. The van der Waals surface area contributed by atoms with Gasteiger partial charge in [-0.15, -0.1) is 10.2 Å². The molecule has 1 aromatic carbocycles. The van der Waals surface area contributed by atoms with Gasteiger partial charge in [0.25, 0.3) is 5.91 Å². The largest absolute Gasteiger partial charge is 0.423 e. The molecule has 0 atom stereocenters. The fourth-order valence-electron chi connectivity index (χ4n) is 2.05. The first-order valence-corrected chi connectivity index (χ1v) is 9.20. The molecule has 0 aliphatic rings. The molecular weight excluding hydrogens is 344 g/mol. The van der Waals surface area contributed by atoms with Crippen molar-refractivity contribution in [3.63, 3.8) is 0 Å². The predicted octanol–water partition coefficient (Wildman–Crippen LogP) is 1.68. The van der Waals surface area contributed by atoms with Crippen LogP contribution in [0.4, 0.5) is 0 Å². The van der Waals surface area contributed by atoms with Crippen LogP contribution in [-0.2, 0) is 16.6 Å². The average molecular weight is 366 g/mol. The van der Waals surface area contributed by atoms with Gasteiger partial charge in [-0.3, -0.25) is 4.79 Å². The van der Waals surface area contributed by atoms with Gasteiger partial charge in [-0.1, -0.05) is 19.9 Å². The topological polar surface area (TPSA) is 105 Å².